The van der Waals surface area contributed by atoms with Gasteiger partial charge < -0.3 is 15.5 Å². The average Bonchev–Trinajstić information content (AvgIpc) is 2.27. The highest BCUT2D eigenvalue weighted by Gasteiger charge is 2.05. The molecule has 1 rings (SSSR count). The number of anilines is 1. The number of carboxylic acids is 1. The van der Waals surface area contributed by atoms with Crippen LogP contribution in [0, 0.1) is 0 Å². The Labute approximate surface area is 94.1 Å². The largest absolute Gasteiger partial charge is 0.477 e. The van der Waals surface area contributed by atoms with Gasteiger partial charge in [0.2, 0.25) is 0 Å². The third-order valence-electron chi connectivity index (χ3n) is 2.15. The van der Waals surface area contributed by atoms with Gasteiger partial charge in [0.05, 0.1) is 18.0 Å². The van der Waals surface area contributed by atoms with Crippen molar-refractivity contribution >= 4 is 11.7 Å². The van der Waals surface area contributed by atoms with Gasteiger partial charge in [-0.15, -0.1) is 0 Å². The normalized spacial score (nSPS) is 12.1. The molecule has 0 bridgehead atoms. The molecule has 1 aromatic heterocycles. The van der Waals surface area contributed by atoms with Gasteiger partial charge in [0, 0.05) is 6.54 Å². The van der Waals surface area contributed by atoms with Gasteiger partial charge in [-0.2, -0.15) is 0 Å². The predicted molar refractivity (Wildman–Crippen MR) is 60.6 cm³/mol. The van der Waals surface area contributed by atoms with E-state index in [0.717, 1.165) is 12.8 Å². The molecule has 0 saturated heterocycles. The molecule has 0 aliphatic heterocycles. The van der Waals surface area contributed by atoms with Crippen molar-refractivity contribution in [3.05, 3.63) is 24.0 Å². The number of hydrogen-bond donors (Lipinski definition) is 3. The maximum absolute atomic E-state index is 10.5. The molecule has 0 radical (unpaired) electrons. The number of carboxylic acid groups (broad SMARTS) is 1. The quantitative estimate of drug-likeness (QED) is 0.679. The van der Waals surface area contributed by atoms with Gasteiger partial charge in [-0.25, -0.2) is 9.78 Å². The number of aromatic nitrogens is 1. The molecule has 1 unspecified atom stereocenters. The van der Waals surface area contributed by atoms with E-state index < -0.39 is 5.97 Å². The van der Waals surface area contributed by atoms with Crippen molar-refractivity contribution in [2.24, 2.45) is 0 Å². The van der Waals surface area contributed by atoms with Crippen molar-refractivity contribution in [3.8, 4) is 0 Å². The number of hydrogen-bond acceptors (Lipinski definition) is 4. The maximum atomic E-state index is 10.5. The molecule has 1 atom stereocenters. The lowest BCUT2D eigenvalue weighted by Gasteiger charge is -2.11. The summed E-state index contributed by atoms with van der Waals surface area (Å²) in [6.45, 7) is 2.45. The zero-order valence-corrected chi connectivity index (χ0v) is 9.18. The number of rotatable bonds is 6. The highest BCUT2D eigenvalue weighted by atomic mass is 16.4. The smallest absolute Gasteiger partial charge is 0.354 e. The number of aliphatic hydroxyl groups excluding tert-OH is 1. The monoisotopic (exact) mass is 224 g/mol. The first-order valence-electron chi connectivity index (χ1n) is 5.24. The van der Waals surface area contributed by atoms with E-state index in [1.165, 1.54) is 12.3 Å². The molecule has 0 amide bonds. The molecule has 5 heteroatoms. The molecular formula is C11H16N2O3. The van der Waals surface area contributed by atoms with Crippen molar-refractivity contribution < 1.29 is 15.0 Å². The summed E-state index contributed by atoms with van der Waals surface area (Å²) >= 11 is 0. The van der Waals surface area contributed by atoms with Crippen LogP contribution in [0.4, 0.5) is 5.69 Å². The summed E-state index contributed by atoms with van der Waals surface area (Å²) in [5.74, 6) is -1.04. The second-order valence-electron chi connectivity index (χ2n) is 3.56. The zero-order valence-electron chi connectivity index (χ0n) is 9.18. The lowest BCUT2D eigenvalue weighted by atomic mass is 10.2. The summed E-state index contributed by atoms with van der Waals surface area (Å²) in [5, 5.41) is 21.1. The van der Waals surface area contributed by atoms with Crippen LogP contribution in [0.2, 0.25) is 0 Å². The van der Waals surface area contributed by atoms with Crippen LogP contribution in [-0.4, -0.2) is 33.8 Å². The maximum Gasteiger partial charge on any atom is 0.354 e. The lowest BCUT2D eigenvalue weighted by Crippen LogP contribution is -2.19. The van der Waals surface area contributed by atoms with Gasteiger partial charge in [0.1, 0.15) is 5.69 Å². The van der Waals surface area contributed by atoms with Crippen molar-refractivity contribution in [1.29, 1.82) is 0 Å². The number of carbonyl (C=O) groups is 1. The first kappa shape index (κ1) is 12.4. The Morgan fingerprint density at radius 1 is 1.56 bits per heavy atom. The molecule has 3 N–H and O–H groups in total. The third-order valence-corrected chi connectivity index (χ3v) is 2.15. The summed E-state index contributed by atoms with van der Waals surface area (Å²) in [7, 11) is 0. The fourth-order valence-electron chi connectivity index (χ4n) is 1.30. The highest BCUT2D eigenvalue weighted by molar-refractivity contribution is 5.85. The Morgan fingerprint density at radius 3 is 2.81 bits per heavy atom. The van der Waals surface area contributed by atoms with Crippen molar-refractivity contribution in [2.45, 2.75) is 25.9 Å². The molecule has 1 aromatic rings. The number of pyridine rings is 1. The van der Waals surface area contributed by atoms with Gasteiger partial charge in [-0.05, 0) is 18.6 Å². The molecule has 0 saturated carbocycles. The van der Waals surface area contributed by atoms with Crippen LogP contribution in [0.25, 0.3) is 0 Å². The molecular weight excluding hydrogens is 208 g/mol. The van der Waals surface area contributed by atoms with E-state index in [9.17, 15) is 9.90 Å². The second kappa shape index (κ2) is 6.07. The summed E-state index contributed by atoms with van der Waals surface area (Å²) in [4.78, 5) is 14.3. The first-order chi connectivity index (χ1) is 7.63. The SMILES string of the molecule is CCCC(O)CNc1ccc(C(=O)O)nc1. The first-order valence-corrected chi connectivity index (χ1v) is 5.24. The molecule has 5 nitrogen and oxygen atoms in total. The van der Waals surface area contributed by atoms with Gasteiger partial charge in [-0.1, -0.05) is 13.3 Å². The second-order valence-corrected chi connectivity index (χ2v) is 3.56. The van der Waals surface area contributed by atoms with Gasteiger partial charge in [0.15, 0.2) is 0 Å². The Balaban J connectivity index is 2.46. The summed E-state index contributed by atoms with van der Waals surface area (Å²) in [5.41, 5.74) is 0.722. The molecule has 0 aromatic carbocycles. The molecule has 0 fully saturated rings. The van der Waals surface area contributed by atoms with E-state index in [2.05, 4.69) is 10.3 Å². The molecule has 16 heavy (non-hydrogen) atoms. The van der Waals surface area contributed by atoms with Gasteiger partial charge in [0.25, 0.3) is 0 Å². The van der Waals surface area contributed by atoms with E-state index in [4.69, 9.17) is 5.11 Å². The number of aromatic carboxylic acids is 1. The Morgan fingerprint density at radius 2 is 2.31 bits per heavy atom. The Kier molecular flexibility index (Phi) is 4.72. The summed E-state index contributed by atoms with van der Waals surface area (Å²) in [6, 6.07) is 3.06. The van der Waals surface area contributed by atoms with Gasteiger partial charge >= 0.3 is 5.97 Å². The van der Waals surface area contributed by atoms with E-state index in [0.29, 0.717) is 12.2 Å². The van der Waals surface area contributed by atoms with Crippen LogP contribution < -0.4 is 5.32 Å². The van der Waals surface area contributed by atoms with Gasteiger partial charge in [-0.3, -0.25) is 0 Å². The molecule has 1 heterocycles. The minimum atomic E-state index is -1.04. The van der Waals surface area contributed by atoms with Crippen molar-refractivity contribution in [1.82, 2.24) is 4.98 Å². The lowest BCUT2D eigenvalue weighted by molar-refractivity contribution is 0.0690. The number of nitrogens with zero attached hydrogens (tertiary/aromatic N) is 1. The fourth-order valence-corrected chi connectivity index (χ4v) is 1.30. The topological polar surface area (TPSA) is 82.5 Å². The van der Waals surface area contributed by atoms with E-state index >= 15 is 0 Å². The van der Waals surface area contributed by atoms with Crippen LogP contribution in [-0.2, 0) is 0 Å². The molecule has 0 aliphatic rings. The Hall–Kier alpha value is -1.62. The average molecular weight is 224 g/mol. The van der Waals surface area contributed by atoms with Crippen LogP contribution in [0.15, 0.2) is 18.3 Å². The summed E-state index contributed by atoms with van der Waals surface area (Å²) in [6.07, 6.45) is 2.73. The third kappa shape index (κ3) is 3.86. The standard InChI is InChI=1S/C11H16N2O3/c1-2-3-9(14)7-12-8-4-5-10(11(15)16)13-6-8/h4-6,9,12,14H,2-3,7H2,1H3,(H,15,16). The zero-order chi connectivity index (χ0) is 12.0. The number of nitrogens with one attached hydrogen (secondary N) is 1. The Bertz CT molecular complexity index is 338. The highest BCUT2D eigenvalue weighted by Crippen LogP contribution is 2.07. The number of aliphatic hydroxyl groups is 1. The summed E-state index contributed by atoms with van der Waals surface area (Å²) < 4.78 is 0. The van der Waals surface area contributed by atoms with Crippen molar-refractivity contribution in [3.63, 3.8) is 0 Å². The minimum Gasteiger partial charge on any atom is -0.477 e. The fraction of sp³-hybridized carbons (Fsp3) is 0.455. The van der Waals surface area contributed by atoms with E-state index in [1.807, 2.05) is 6.92 Å². The molecule has 0 aliphatic carbocycles. The molecule has 0 spiro atoms. The predicted octanol–water partition coefficient (Wildman–Crippen LogP) is 1.35. The van der Waals surface area contributed by atoms with Crippen LogP contribution in [0.5, 0.6) is 0 Å². The van der Waals surface area contributed by atoms with E-state index in [1.54, 1.807) is 6.07 Å². The minimum absolute atomic E-state index is 0.0136. The van der Waals surface area contributed by atoms with Crippen molar-refractivity contribution in [2.75, 3.05) is 11.9 Å². The van der Waals surface area contributed by atoms with Crippen LogP contribution in [0.3, 0.4) is 0 Å². The molecule has 88 valence electrons. The van der Waals surface area contributed by atoms with E-state index in [-0.39, 0.29) is 11.8 Å². The van der Waals surface area contributed by atoms with Crippen LogP contribution >= 0.6 is 0 Å². The van der Waals surface area contributed by atoms with Crippen LogP contribution in [0.1, 0.15) is 30.3 Å².